The standard InChI is InChI=1S/C17H25N5O3.ClH/c1-11(2)15(18)16(24)20-10-14(23)21-12-5-3-6-13(9-12)22-8-4-7-19-17(22)25;/h3,5-6,9,11,15H,4,7-8,10,18H2,1-2H3,(H,19,25)(H,20,24)(H,21,23);1H/t15-;/m0./s1. The van der Waals surface area contributed by atoms with Crippen LogP contribution >= 0.6 is 12.4 Å². The average Bonchev–Trinajstić information content (AvgIpc) is 2.59. The van der Waals surface area contributed by atoms with Gasteiger partial charge >= 0.3 is 6.03 Å². The molecule has 9 heteroatoms. The Morgan fingerprint density at radius 3 is 2.73 bits per heavy atom. The van der Waals surface area contributed by atoms with Gasteiger partial charge in [0.15, 0.2) is 0 Å². The van der Waals surface area contributed by atoms with E-state index in [9.17, 15) is 14.4 Å². The van der Waals surface area contributed by atoms with Crippen molar-refractivity contribution in [2.45, 2.75) is 26.3 Å². The van der Waals surface area contributed by atoms with Gasteiger partial charge in [-0.15, -0.1) is 12.4 Å². The lowest BCUT2D eigenvalue weighted by molar-refractivity contribution is -0.125. The number of nitrogens with zero attached hydrogens (tertiary/aromatic N) is 1. The van der Waals surface area contributed by atoms with Gasteiger partial charge in [-0.3, -0.25) is 14.5 Å². The van der Waals surface area contributed by atoms with Gasteiger partial charge in [0.25, 0.3) is 0 Å². The summed E-state index contributed by atoms with van der Waals surface area (Å²) in [6.07, 6.45) is 0.866. The monoisotopic (exact) mass is 383 g/mol. The summed E-state index contributed by atoms with van der Waals surface area (Å²) >= 11 is 0. The highest BCUT2D eigenvalue weighted by Gasteiger charge is 2.20. The molecular weight excluding hydrogens is 358 g/mol. The van der Waals surface area contributed by atoms with E-state index in [1.807, 2.05) is 19.9 Å². The molecule has 144 valence electrons. The molecule has 1 aromatic rings. The van der Waals surface area contributed by atoms with Crippen molar-refractivity contribution in [1.82, 2.24) is 10.6 Å². The number of carbonyl (C=O) groups excluding carboxylic acids is 3. The van der Waals surface area contributed by atoms with Crippen LogP contribution in [0, 0.1) is 5.92 Å². The summed E-state index contributed by atoms with van der Waals surface area (Å²) in [5.74, 6) is -0.719. The van der Waals surface area contributed by atoms with Gasteiger partial charge in [-0.1, -0.05) is 19.9 Å². The molecule has 5 N–H and O–H groups in total. The molecule has 0 aromatic heterocycles. The second kappa shape index (κ2) is 9.98. The molecule has 0 unspecified atom stereocenters. The number of hydrogen-bond acceptors (Lipinski definition) is 4. The Kier molecular flexibility index (Phi) is 8.34. The van der Waals surface area contributed by atoms with E-state index < -0.39 is 6.04 Å². The van der Waals surface area contributed by atoms with Crippen molar-refractivity contribution in [2.24, 2.45) is 11.7 Å². The van der Waals surface area contributed by atoms with Crippen LogP contribution in [0.15, 0.2) is 24.3 Å². The summed E-state index contributed by atoms with van der Waals surface area (Å²) in [7, 11) is 0. The molecule has 8 nitrogen and oxygen atoms in total. The van der Waals surface area contributed by atoms with E-state index >= 15 is 0 Å². The third-order valence-electron chi connectivity index (χ3n) is 3.97. The number of benzene rings is 1. The minimum absolute atomic E-state index is 0. The molecule has 1 fully saturated rings. The third kappa shape index (κ3) is 5.89. The number of nitrogens with one attached hydrogen (secondary N) is 3. The maximum Gasteiger partial charge on any atom is 0.321 e. The van der Waals surface area contributed by atoms with E-state index in [1.165, 1.54) is 0 Å². The minimum atomic E-state index is -0.645. The Morgan fingerprint density at radius 1 is 1.35 bits per heavy atom. The molecule has 1 aliphatic rings. The zero-order valence-corrected chi connectivity index (χ0v) is 15.8. The lowest BCUT2D eigenvalue weighted by atomic mass is 10.1. The molecule has 0 bridgehead atoms. The van der Waals surface area contributed by atoms with Crippen molar-refractivity contribution >= 4 is 41.6 Å². The van der Waals surface area contributed by atoms with Crippen molar-refractivity contribution in [2.75, 3.05) is 29.9 Å². The summed E-state index contributed by atoms with van der Waals surface area (Å²) in [5, 5.41) is 8.01. The van der Waals surface area contributed by atoms with Crippen LogP contribution in [-0.2, 0) is 9.59 Å². The van der Waals surface area contributed by atoms with E-state index in [-0.39, 0.29) is 42.7 Å². The van der Waals surface area contributed by atoms with Crippen LogP contribution < -0.4 is 26.6 Å². The molecule has 0 saturated carbocycles. The van der Waals surface area contributed by atoms with Crippen molar-refractivity contribution < 1.29 is 14.4 Å². The summed E-state index contributed by atoms with van der Waals surface area (Å²) in [6.45, 7) is 4.82. The number of rotatable bonds is 6. The Balaban J connectivity index is 0.00000338. The molecule has 0 aliphatic carbocycles. The number of amides is 4. The maximum atomic E-state index is 12.0. The van der Waals surface area contributed by atoms with Gasteiger partial charge in [-0.05, 0) is 30.5 Å². The number of urea groups is 1. The third-order valence-corrected chi connectivity index (χ3v) is 3.97. The fourth-order valence-corrected chi connectivity index (χ4v) is 2.42. The average molecular weight is 384 g/mol. The van der Waals surface area contributed by atoms with Gasteiger partial charge in [0.05, 0.1) is 12.6 Å². The topological polar surface area (TPSA) is 117 Å². The van der Waals surface area contributed by atoms with Crippen LogP contribution in [0.1, 0.15) is 20.3 Å². The SMILES string of the molecule is CC(C)[C@H](N)C(=O)NCC(=O)Nc1cccc(N2CCCNC2=O)c1.Cl. The number of halogens is 1. The predicted octanol–water partition coefficient (Wildman–Crippen LogP) is 1.07. The molecule has 1 aromatic carbocycles. The zero-order chi connectivity index (χ0) is 18.4. The quantitative estimate of drug-likeness (QED) is 0.587. The lowest BCUT2D eigenvalue weighted by Gasteiger charge is -2.27. The molecule has 26 heavy (non-hydrogen) atoms. The zero-order valence-electron chi connectivity index (χ0n) is 15.0. The first-order chi connectivity index (χ1) is 11.9. The van der Waals surface area contributed by atoms with E-state index in [0.29, 0.717) is 24.5 Å². The van der Waals surface area contributed by atoms with Gasteiger partial charge in [-0.2, -0.15) is 0 Å². The molecular formula is C17H26ClN5O3. The number of hydrogen-bond donors (Lipinski definition) is 4. The number of anilines is 2. The number of nitrogens with two attached hydrogens (primary N) is 1. The highest BCUT2D eigenvalue weighted by molar-refractivity contribution is 5.97. The van der Waals surface area contributed by atoms with Crippen LogP contribution in [0.3, 0.4) is 0 Å². The van der Waals surface area contributed by atoms with Crippen LogP contribution in [0.4, 0.5) is 16.2 Å². The molecule has 1 saturated heterocycles. The highest BCUT2D eigenvalue weighted by atomic mass is 35.5. The van der Waals surface area contributed by atoms with Crippen LogP contribution in [0.5, 0.6) is 0 Å². The van der Waals surface area contributed by atoms with Gasteiger partial charge < -0.3 is 21.7 Å². The Bertz CT molecular complexity index is 653. The Morgan fingerprint density at radius 2 is 2.08 bits per heavy atom. The Labute approximate surface area is 159 Å². The van der Waals surface area contributed by atoms with Crippen molar-refractivity contribution in [3.8, 4) is 0 Å². The van der Waals surface area contributed by atoms with Crippen molar-refractivity contribution in [3.63, 3.8) is 0 Å². The second-order valence-corrected chi connectivity index (χ2v) is 6.32. The highest BCUT2D eigenvalue weighted by Crippen LogP contribution is 2.21. The summed E-state index contributed by atoms with van der Waals surface area (Å²) in [6, 6.07) is 6.23. The van der Waals surface area contributed by atoms with Gasteiger partial charge in [0.2, 0.25) is 11.8 Å². The van der Waals surface area contributed by atoms with E-state index in [1.54, 1.807) is 23.1 Å². The normalized spacial score (nSPS) is 14.9. The predicted molar refractivity (Wildman–Crippen MR) is 104 cm³/mol. The first kappa shape index (κ1) is 21.7. The van der Waals surface area contributed by atoms with E-state index in [0.717, 1.165) is 6.42 Å². The van der Waals surface area contributed by atoms with Crippen molar-refractivity contribution in [1.29, 1.82) is 0 Å². The fraction of sp³-hybridized carbons (Fsp3) is 0.471. The van der Waals surface area contributed by atoms with E-state index in [2.05, 4.69) is 16.0 Å². The fourth-order valence-electron chi connectivity index (χ4n) is 2.42. The van der Waals surface area contributed by atoms with E-state index in [4.69, 9.17) is 5.73 Å². The first-order valence-electron chi connectivity index (χ1n) is 8.37. The minimum Gasteiger partial charge on any atom is -0.346 e. The lowest BCUT2D eigenvalue weighted by Crippen LogP contribution is -2.46. The van der Waals surface area contributed by atoms with Gasteiger partial charge in [0, 0.05) is 24.5 Å². The molecule has 2 rings (SSSR count). The van der Waals surface area contributed by atoms with Crippen LogP contribution in [-0.4, -0.2) is 43.5 Å². The molecule has 1 atom stereocenters. The second-order valence-electron chi connectivity index (χ2n) is 6.32. The Hall–Kier alpha value is -2.32. The van der Waals surface area contributed by atoms with Crippen molar-refractivity contribution in [3.05, 3.63) is 24.3 Å². The number of carbonyl (C=O) groups is 3. The molecule has 1 heterocycles. The largest absolute Gasteiger partial charge is 0.346 e. The molecule has 0 radical (unpaired) electrons. The van der Waals surface area contributed by atoms with Gasteiger partial charge in [-0.25, -0.2) is 4.79 Å². The molecule has 4 amide bonds. The molecule has 1 aliphatic heterocycles. The summed E-state index contributed by atoms with van der Waals surface area (Å²) in [4.78, 5) is 37.3. The summed E-state index contributed by atoms with van der Waals surface area (Å²) < 4.78 is 0. The maximum absolute atomic E-state index is 12.0. The summed E-state index contributed by atoms with van der Waals surface area (Å²) in [5.41, 5.74) is 6.99. The first-order valence-corrected chi connectivity index (χ1v) is 8.37. The van der Waals surface area contributed by atoms with Crippen LogP contribution in [0.2, 0.25) is 0 Å². The van der Waals surface area contributed by atoms with Crippen LogP contribution in [0.25, 0.3) is 0 Å². The van der Waals surface area contributed by atoms with Gasteiger partial charge in [0.1, 0.15) is 0 Å². The smallest absolute Gasteiger partial charge is 0.321 e. The molecule has 0 spiro atoms.